The van der Waals surface area contributed by atoms with E-state index in [0.29, 0.717) is 13.0 Å². The molecule has 1 aliphatic heterocycles. The van der Waals surface area contributed by atoms with E-state index < -0.39 is 53.8 Å². The van der Waals surface area contributed by atoms with Crippen molar-refractivity contribution in [1.82, 2.24) is 0 Å². The summed E-state index contributed by atoms with van der Waals surface area (Å²) in [6, 6.07) is 0. The topological polar surface area (TPSA) is 178 Å². The van der Waals surface area contributed by atoms with E-state index in [1.165, 1.54) is 238 Å². The quantitative estimate of drug-likeness (QED) is 0.0258. The fourth-order valence-corrected chi connectivity index (χ4v) is 10.4. The first-order valence-electron chi connectivity index (χ1n) is 30.3. The Morgan fingerprint density at radius 1 is 0.479 bits per heavy atom. The normalized spacial score (nSPS) is 18.9. The minimum Gasteiger partial charge on any atom is -0.457 e. The van der Waals surface area contributed by atoms with Crippen LogP contribution >= 0.6 is 0 Å². The van der Waals surface area contributed by atoms with E-state index in [1.54, 1.807) is 0 Å². The Morgan fingerprint density at radius 2 is 0.803 bits per heavy atom. The second-order valence-corrected chi connectivity index (χ2v) is 22.4. The van der Waals surface area contributed by atoms with Crippen molar-refractivity contribution in [3.8, 4) is 0 Å². The lowest BCUT2D eigenvalue weighted by Gasteiger charge is -2.41. The number of rotatable bonds is 55. The van der Waals surface area contributed by atoms with Crippen LogP contribution in [-0.4, -0.2) is 97.5 Å². The summed E-state index contributed by atoms with van der Waals surface area (Å²) in [5, 5.41) is 30.9. The molecule has 0 aromatic rings. The standard InChI is InChI=1S/C58H114O12S/c1-3-5-7-9-11-13-15-17-19-21-23-25-26-27-28-29-31-33-35-37-39-41-43-45-47-54(60)68-52(51-67-58-56(62)57(70-71(63,64)65)55(61)53(49-59)69-58)50-66-48-46-44-42-40-38-36-34-32-30-24-22-20-18-16-14-12-10-8-6-4-2/h52-53,55-59,61-62H,3-51H2,1-2H3,(H,63,64,65). The molecule has 0 aromatic carbocycles. The highest BCUT2D eigenvalue weighted by molar-refractivity contribution is 7.80. The zero-order valence-electron chi connectivity index (χ0n) is 46.1. The van der Waals surface area contributed by atoms with E-state index in [2.05, 4.69) is 18.0 Å². The van der Waals surface area contributed by atoms with Crippen LogP contribution in [0.15, 0.2) is 0 Å². The number of aliphatic hydroxyl groups excluding tert-OH is 3. The van der Waals surface area contributed by atoms with Crippen LogP contribution in [0.4, 0.5) is 0 Å². The fraction of sp³-hybridized carbons (Fsp3) is 0.983. The van der Waals surface area contributed by atoms with E-state index in [1.807, 2.05) is 0 Å². The lowest BCUT2D eigenvalue weighted by atomic mass is 9.99. The van der Waals surface area contributed by atoms with Crippen LogP contribution in [0.25, 0.3) is 0 Å². The first-order chi connectivity index (χ1) is 34.6. The van der Waals surface area contributed by atoms with Crippen molar-refractivity contribution in [2.75, 3.05) is 26.4 Å². The number of carbonyl (C=O) groups excluding carboxylic acids is 1. The zero-order valence-corrected chi connectivity index (χ0v) is 46.9. The highest BCUT2D eigenvalue weighted by Crippen LogP contribution is 2.26. The average Bonchev–Trinajstić information content (AvgIpc) is 3.35. The lowest BCUT2D eigenvalue weighted by Crippen LogP contribution is -2.60. The highest BCUT2D eigenvalue weighted by atomic mass is 32.3. The molecule has 71 heavy (non-hydrogen) atoms. The molecule has 1 rings (SSSR count). The fourth-order valence-electron chi connectivity index (χ4n) is 9.91. The Hall–Kier alpha value is -0.900. The summed E-state index contributed by atoms with van der Waals surface area (Å²) in [6.07, 6.45) is 48.6. The van der Waals surface area contributed by atoms with Gasteiger partial charge in [-0.25, -0.2) is 4.18 Å². The summed E-state index contributed by atoms with van der Waals surface area (Å²) < 4.78 is 59.5. The number of hydrogen-bond donors (Lipinski definition) is 4. The maximum absolute atomic E-state index is 13.0. The Labute approximate surface area is 436 Å². The van der Waals surface area contributed by atoms with Crippen LogP contribution in [-0.2, 0) is 38.3 Å². The minimum absolute atomic E-state index is 0.0458. The average molecular weight is 1040 g/mol. The van der Waals surface area contributed by atoms with Gasteiger partial charge in [-0.15, -0.1) is 0 Å². The van der Waals surface area contributed by atoms with E-state index in [0.717, 1.165) is 38.5 Å². The highest BCUT2D eigenvalue weighted by Gasteiger charge is 2.48. The summed E-state index contributed by atoms with van der Waals surface area (Å²) in [7, 11) is -5.06. The Kier molecular flexibility index (Phi) is 47.9. The van der Waals surface area contributed by atoms with E-state index in [9.17, 15) is 33.1 Å². The molecule has 0 saturated carbocycles. The van der Waals surface area contributed by atoms with Gasteiger partial charge in [-0.1, -0.05) is 284 Å². The lowest BCUT2D eigenvalue weighted by molar-refractivity contribution is -0.301. The number of ether oxygens (including phenoxy) is 4. The number of unbranched alkanes of at least 4 members (excludes halogenated alkanes) is 42. The molecule has 0 bridgehead atoms. The predicted molar refractivity (Wildman–Crippen MR) is 290 cm³/mol. The smallest absolute Gasteiger partial charge is 0.397 e. The predicted octanol–water partition coefficient (Wildman–Crippen LogP) is 15.2. The summed E-state index contributed by atoms with van der Waals surface area (Å²) in [4.78, 5) is 13.0. The van der Waals surface area contributed by atoms with Crippen LogP contribution in [0, 0.1) is 0 Å². The molecule has 1 heterocycles. The van der Waals surface area contributed by atoms with Gasteiger partial charge in [0.05, 0.1) is 19.8 Å². The molecular weight excluding hydrogens is 921 g/mol. The third kappa shape index (κ3) is 43.0. The van der Waals surface area contributed by atoms with Gasteiger partial charge in [-0.3, -0.25) is 9.35 Å². The molecule has 6 atom stereocenters. The van der Waals surface area contributed by atoms with Crippen molar-refractivity contribution in [3.63, 3.8) is 0 Å². The molecule has 1 saturated heterocycles. The first-order valence-corrected chi connectivity index (χ1v) is 31.7. The monoisotopic (exact) mass is 1030 g/mol. The molecule has 13 heteroatoms. The molecule has 0 spiro atoms. The van der Waals surface area contributed by atoms with Crippen LogP contribution in [0.2, 0.25) is 0 Å². The van der Waals surface area contributed by atoms with Crippen LogP contribution in [0.5, 0.6) is 0 Å². The molecule has 0 amide bonds. The van der Waals surface area contributed by atoms with E-state index in [4.69, 9.17) is 18.9 Å². The Bertz CT molecular complexity index is 1240. The van der Waals surface area contributed by atoms with Crippen molar-refractivity contribution in [2.24, 2.45) is 0 Å². The molecule has 12 nitrogen and oxygen atoms in total. The maximum Gasteiger partial charge on any atom is 0.397 e. The number of aliphatic hydroxyl groups is 3. The third-order valence-electron chi connectivity index (χ3n) is 14.5. The summed E-state index contributed by atoms with van der Waals surface area (Å²) in [5.41, 5.74) is 0. The maximum atomic E-state index is 13.0. The molecule has 424 valence electrons. The molecule has 1 fully saturated rings. The van der Waals surface area contributed by atoms with Gasteiger partial charge in [0.25, 0.3) is 0 Å². The van der Waals surface area contributed by atoms with Gasteiger partial charge in [-0.2, -0.15) is 8.42 Å². The van der Waals surface area contributed by atoms with Gasteiger partial charge >= 0.3 is 16.4 Å². The van der Waals surface area contributed by atoms with Crippen molar-refractivity contribution in [2.45, 2.75) is 340 Å². The number of esters is 1. The van der Waals surface area contributed by atoms with Gasteiger partial charge in [0, 0.05) is 13.0 Å². The van der Waals surface area contributed by atoms with Gasteiger partial charge in [0.1, 0.15) is 30.5 Å². The number of hydrogen-bond acceptors (Lipinski definition) is 11. The van der Waals surface area contributed by atoms with E-state index >= 15 is 0 Å². The molecule has 1 aliphatic rings. The minimum atomic E-state index is -5.06. The van der Waals surface area contributed by atoms with Gasteiger partial charge in [0.15, 0.2) is 6.29 Å². The van der Waals surface area contributed by atoms with Crippen LogP contribution in [0.1, 0.15) is 303 Å². The largest absolute Gasteiger partial charge is 0.457 e. The summed E-state index contributed by atoms with van der Waals surface area (Å²) >= 11 is 0. The zero-order chi connectivity index (χ0) is 51.7. The second-order valence-electron chi connectivity index (χ2n) is 21.3. The van der Waals surface area contributed by atoms with Crippen LogP contribution in [0.3, 0.4) is 0 Å². The molecule has 0 aliphatic carbocycles. The summed E-state index contributed by atoms with van der Waals surface area (Å²) in [5.74, 6) is -0.388. The first kappa shape index (κ1) is 68.1. The molecule has 0 aromatic heterocycles. The Balaban J connectivity index is 2.25. The van der Waals surface area contributed by atoms with Crippen LogP contribution < -0.4 is 0 Å². The SMILES string of the molecule is CCCCCCCCCCCCCCCCCCCCCCCCCCC(=O)OC(COCCCCCCCCCCCCCCCCCCCCCC)COC1OC(CO)C(O)C(OS(=O)(=O)O)C1O. The third-order valence-corrected chi connectivity index (χ3v) is 14.9. The molecule has 6 unspecified atom stereocenters. The van der Waals surface area contributed by atoms with Crippen molar-refractivity contribution >= 4 is 16.4 Å². The van der Waals surface area contributed by atoms with Gasteiger partial charge in [-0.05, 0) is 12.8 Å². The van der Waals surface area contributed by atoms with Crippen molar-refractivity contribution < 1.29 is 56.2 Å². The molecular formula is C58H114O12S. The molecule has 0 radical (unpaired) electrons. The van der Waals surface area contributed by atoms with Crippen molar-refractivity contribution in [3.05, 3.63) is 0 Å². The number of carbonyl (C=O) groups is 1. The summed E-state index contributed by atoms with van der Waals surface area (Å²) in [6.45, 7) is 4.09. The van der Waals surface area contributed by atoms with Gasteiger partial charge in [0.2, 0.25) is 0 Å². The second kappa shape index (κ2) is 49.9. The van der Waals surface area contributed by atoms with Gasteiger partial charge < -0.3 is 34.3 Å². The Morgan fingerprint density at radius 3 is 1.13 bits per heavy atom. The molecule has 4 N–H and O–H groups in total. The van der Waals surface area contributed by atoms with E-state index in [-0.39, 0.29) is 25.6 Å². The van der Waals surface area contributed by atoms with Crippen molar-refractivity contribution in [1.29, 1.82) is 0 Å².